The van der Waals surface area contributed by atoms with Crippen LogP contribution >= 0.6 is 27.5 Å². The highest BCUT2D eigenvalue weighted by Crippen LogP contribution is 2.39. The van der Waals surface area contributed by atoms with E-state index in [4.69, 9.17) is 11.6 Å². The minimum atomic E-state index is -4.36. The molecule has 0 spiro atoms. The number of hydrogen-bond acceptors (Lipinski definition) is 5. The molecule has 0 unspecified atom stereocenters. The van der Waals surface area contributed by atoms with Crippen molar-refractivity contribution in [2.45, 2.75) is 29.7 Å². The highest BCUT2D eigenvalue weighted by molar-refractivity contribution is 9.10. The van der Waals surface area contributed by atoms with E-state index in [-0.39, 0.29) is 10.6 Å². The van der Waals surface area contributed by atoms with Gasteiger partial charge in [0.1, 0.15) is 10.6 Å². The maximum absolute atomic E-state index is 12.9. The molecule has 0 aromatic heterocycles. The van der Waals surface area contributed by atoms with Gasteiger partial charge in [0.15, 0.2) is 5.75 Å². The molecular weight excluding hydrogens is 498 g/mol. The van der Waals surface area contributed by atoms with Gasteiger partial charge in [0.25, 0.3) is 21.9 Å². The van der Waals surface area contributed by atoms with Crippen molar-refractivity contribution < 1.29 is 32.2 Å². The second-order valence-electron chi connectivity index (χ2n) is 6.50. The van der Waals surface area contributed by atoms with E-state index in [0.29, 0.717) is 4.47 Å². The number of sulfonamides is 1. The van der Waals surface area contributed by atoms with E-state index in [9.17, 15) is 32.2 Å². The van der Waals surface area contributed by atoms with Crippen LogP contribution in [0.1, 0.15) is 23.2 Å². The summed E-state index contributed by atoms with van der Waals surface area (Å²) in [5, 5.41) is 22.4. The molecule has 0 atom stereocenters. The molecule has 1 saturated carbocycles. The summed E-state index contributed by atoms with van der Waals surface area (Å²) in [6.07, 6.45) is -1.05. The lowest BCUT2D eigenvalue weighted by atomic mass is 9.88. The average Bonchev–Trinajstić information content (AvgIpc) is 2.57. The number of carbonyl (C=O) groups is 1. The van der Waals surface area contributed by atoms with Crippen LogP contribution in [0.4, 0.5) is 14.5 Å². The van der Waals surface area contributed by atoms with Crippen LogP contribution < -0.4 is 10.0 Å². The number of nitrogens with one attached hydrogen (secondary N) is 2. The van der Waals surface area contributed by atoms with Gasteiger partial charge in [-0.3, -0.25) is 9.52 Å². The zero-order valence-corrected chi connectivity index (χ0v) is 17.6. The van der Waals surface area contributed by atoms with E-state index in [2.05, 4.69) is 26.0 Å². The number of phenolic OH excluding ortho intramolecular Hbond substituents is 2. The SMILES string of the molecule is O=C(NC1CC(F)(F)C1)c1cc(Cl)cc(NS(=O)(=O)c2cc(Br)ccc2O)c1O. The molecule has 7 nitrogen and oxygen atoms in total. The molecule has 12 heteroatoms. The summed E-state index contributed by atoms with van der Waals surface area (Å²) in [7, 11) is -4.36. The highest BCUT2D eigenvalue weighted by atomic mass is 79.9. The Morgan fingerprint density at radius 2 is 1.86 bits per heavy atom. The molecule has 0 aliphatic heterocycles. The summed E-state index contributed by atoms with van der Waals surface area (Å²) < 4.78 is 53.5. The van der Waals surface area contributed by atoms with E-state index in [0.717, 1.165) is 24.3 Å². The molecular formula is C17H14BrClF2N2O5S. The quantitative estimate of drug-likeness (QED) is 0.455. The van der Waals surface area contributed by atoms with Crippen molar-refractivity contribution in [3.8, 4) is 11.5 Å². The van der Waals surface area contributed by atoms with Gasteiger partial charge in [0.2, 0.25) is 0 Å². The first-order chi connectivity index (χ1) is 13.4. The van der Waals surface area contributed by atoms with Gasteiger partial charge in [-0.1, -0.05) is 27.5 Å². The second kappa shape index (κ2) is 7.62. The molecule has 1 aliphatic carbocycles. The number of aromatic hydroxyl groups is 2. The number of anilines is 1. The first-order valence-electron chi connectivity index (χ1n) is 8.10. The number of rotatable bonds is 5. The number of alkyl halides is 2. The fourth-order valence-electron chi connectivity index (χ4n) is 2.78. The van der Waals surface area contributed by atoms with Crippen molar-refractivity contribution in [2.24, 2.45) is 0 Å². The predicted octanol–water partition coefficient (Wildman–Crippen LogP) is 3.84. The van der Waals surface area contributed by atoms with Gasteiger partial charge in [0, 0.05) is 28.4 Å². The molecule has 1 amide bonds. The molecule has 2 aromatic carbocycles. The maximum atomic E-state index is 12.9. The zero-order chi connectivity index (χ0) is 21.6. The number of phenols is 2. The molecule has 0 heterocycles. The second-order valence-corrected chi connectivity index (χ2v) is 9.50. The Kier molecular flexibility index (Phi) is 5.67. The first-order valence-corrected chi connectivity index (χ1v) is 10.8. The normalized spacial score (nSPS) is 16.1. The molecule has 2 aromatic rings. The Balaban J connectivity index is 1.89. The Morgan fingerprint density at radius 1 is 1.21 bits per heavy atom. The number of hydrogen-bond donors (Lipinski definition) is 4. The summed E-state index contributed by atoms with van der Waals surface area (Å²) in [5.41, 5.74) is -0.801. The van der Waals surface area contributed by atoms with E-state index >= 15 is 0 Å². The van der Waals surface area contributed by atoms with Gasteiger partial charge in [-0.15, -0.1) is 0 Å². The largest absolute Gasteiger partial charge is 0.507 e. The third kappa shape index (κ3) is 4.73. The molecule has 29 heavy (non-hydrogen) atoms. The van der Waals surface area contributed by atoms with Crippen LogP contribution in [0.3, 0.4) is 0 Å². The molecule has 1 aliphatic rings. The Morgan fingerprint density at radius 3 is 2.48 bits per heavy atom. The van der Waals surface area contributed by atoms with Gasteiger partial charge >= 0.3 is 0 Å². The van der Waals surface area contributed by atoms with Gasteiger partial charge in [-0.25, -0.2) is 17.2 Å². The summed E-state index contributed by atoms with van der Waals surface area (Å²) >= 11 is 9.02. The van der Waals surface area contributed by atoms with Crippen LogP contribution in [0.15, 0.2) is 39.7 Å². The zero-order valence-electron chi connectivity index (χ0n) is 14.4. The Bertz CT molecular complexity index is 1090. The summed E-state index contributed by atoms with van der Waals surface area (Å²) in [4.78, 5) is 11.8. The van der Waals surface area contributed by atoms with Crippen molar-refractivity contribution in [3.05, 3.63) is 45.4 Å². The highest BCUT2D eigenvalue weighted by Gasteiger charge is 2.46. The third-order valence-electron chi connectivity index (χ3n) is 4.20. The molecule has 0 bridgehead atoms. The Labute approximate surface area is 177 Å². The molecule has 3 rings (SSSR count). The van der Waals surface area contributed by atoms with Crippen LogP contribution in [0.25, 0.3) is 0 Å². The van der Waals surface area contributed by atoms with Crippen LogP contribution in [-0.2, 0) is 10.0 Å². The summed E-state index contributed by atoms with van der Waals surface area (Å²) in [6.45, 7) is 0. The number of amides is 1. The van der Waals surface area contributed by atoms with Crippen LogP contribution in [0.2, 0.25) is 5.02 Å². The van der Waals surface area contributed by atoms with Crippen LogP contribution in [-0.4, -0.2) is 36.5 Å². The topological polar surface area (TPSA) is 116 Å². The average molecular weight is 512 g/mol. The lowest BCUT2D eigenvalue weighted by Gasteiger charge is -2.35. The monoisotopic (exact) mass is 510 g/mol. The van der Waals surface area contributed by atoms with Gasteiger partial charge in [-0.05, 0) is 30.3 Å². The fraction of sp³-hybridized carbons (Fsp3) is 0.235. The number of halogens is 4. The molecule has 156 valence electrons. The molecule has 1 fully saturated rings. The molecule has 0 radical (unpaired) electrons. The van der Waals surface area contributed by atoms with E-state index < -0.39 is 62.8 Å². The van der Waals surface area contributed by atoms with Crippen molar-refractivity contribution in [1.29, 1.82) is 0 Å². The van der Waals surface area contributed by atoms with Gasteiger partial charge < -0.3 is 15.5 Å². The minimum Gasteiger partial charge on any atom is -0.507 e. The van der Waals surface area contributed by atoms with Gasteiger partial charge in [0.05, 0.1) is 11.3 Å². The predicted molar refractivity (Wildman–Crippen MR) is 105 cm³/mol. The number of benzene rings is 2. The Hall–Kier alpha value is -2.11. The van der Waals surface area contributed by atoms with Crippen LogP contribution in [0.5, 0.6) is 11.5 Å². The van der Waals surface area contributed by atoms with E-state index in [1.807, 2.05) is 0 Å². The number of carbonyl (C=O) groups excluding carboxylic acids is 1. The van der Waals surface area contributed by atoms with E-state index in [1.165, 1.54) is 6.07 Å². The smallest absolute Gasteiger partial charge is 0.265 e. The summed E-state index contributed by atoms with van der Waals surface area (Å²) in [6, 6.07) is 5.11. The van der Waals surface area contributed by atoms with Crippen molar-refractivity contribution in [2.75, 3.05) is 4.72 Å². The minimum absolute atomic E-state index is 0.0805. The lowest BCUT2D eigenvalue weighted by molar-refractivity contribution is -0.0901. The van der Waals surface area contributed by atoms with E-state index in [1.54, 1.807) is 0 Å². The third-order valence-corrected chi connectivity index (χ3v) is 6.31. The molecule has 0 saturated heterocycles. The van der Waals surface area contributed by atoms with Crippen molar-refractivity contribution >= 4 is 49.1 Å². The standard InChI is InChI=1S/C17H14BrClF2N2O5S/c18-8-1-2-13(24)14(3-8)29(27,28)23-12-5-9(19)4-11(15(12)25)16(26)22-10-6-17(20,21)7-10/h1-5,10,23-25H,6-7H2,(H,22,26). The first kappa shape index (κ1) is 21.6. The van der Waals surface area contributed by atoms with Crippen LogP contribution in [0, 0.1) is 0 Å². The molecule has 4 N–H and O–H groups in total. The van der Waals surface area contributed by atoms with Crippen molar-refractivity contribution in [3.63, 3.8) is 0 Å². The lowest BCUT2D eigenvalue weighted by Crippen LogP contribution is -2.50. The van der Waals surface area contributed by atoms with Gasteiger partial charge in [-0.2, -0.15) is 0 Å². The van der Waals surface area contributed by atoms with Crippen molar-refractivity contribution in [1.82, 2.24) is 5.32 Å². The summed E-state index contributed by atoms with van der Waals surface area (Å²) in [5.74, 6) is -5.00. The fourth-order valence-corrected chi connectivity index (χ4v) is 4.69. The maximum Gasteiger partial charge on any atom is 0.265 e.